The van der Waals surface area contributed by atoms with Crippen LogP contribution in [0.2, 0.25) is 0 Å². The molecule has 120 valence electrons. The maximum absolute atomic E-state index is 11.9. The first kappa shape index (κ1) is 16.5. The van der Waals surface area contributed by atoms with Gasteiger partial charge in [0.25, 0.3) is 0 Å². The summed E-state index contributed by atoms with van der Waals surface area (Å²) < 4.78 is 10.8. The van der Waals surface area contributed by atoms with Gasteiger partial charge in [-0.3, -0.25) is 4.79 Å². The van der Waals surface area contributed by atoms with Crippen LogP contribution in [0, 0.1) is 5.92 Å². The van der Waals surface area contributed by atoms with Crippen LogP contribution in [-0.2, 0) is 19.1 Å². The quantitative estimate of drug-likeness (QED) is 0.480. The topological polar surface area (TPSA) is 72.8 Å². The zero-order chi connectivity index (χ0) is 16.3. The lowest BCUT2D eigenvalue weighted by Gasteiger charge is -2.27. The average Bonchev–Trinajstić information content (AvgIpc) is 2.71. The first-order valence-corrected chi connectivity index (χ1v) is 7.45. The predicted molar refractivity (Wildman–Crippen MR) is 80.8 cm³/mol. The number of hydrogen-bond acceptors (Lipinski definition) is 5. The molecule has 0 aromatic heterocycles. The van der Waals surface area contributed by atoms with Gasteiger partial charge in [-0.15, -0.1) is 0 Å². The molecule has 5 heteroatoms. The molecule has 22 heavy (non-hydrogen) atoms. The molecule has 1 saturated heterocycles. The third-order valence-corrected chi connectivity index (χ3v) is 4.06. The van der Waals surface area contributed by atoms with Gasteiger partial charge in [-0.25, -0.2) is 4.79 Å². The van der Waals surface area contributed by atoms with Crippen molar-refractivity contribution >= 4 is 11.9 Å². The van der Waals surface area contributed by atoms with Crippen molar-refractivity contribution in [2.24, 2.45) is 5.92 Å². The molecule has 1 aliphatic heterocycles. The number of carbonyl (C=O) groups excluding carboxylic acids is 2. The zero-order valence-corrected chi connectivity index (χ0v) is 13.0. The van der Waals surface area contributed by atoms with Gasteiger partial charge in [0.05, 0.1) is 12.5 Å². The van der Waals surface area contributed by atoms with Gasteiger partial charge in [0, 0.05) is 18.9 Å². The molecule has 1 N–H and O–H groups in total. The Morgan fingerprint density at radius 1 is 1.55 bits per heavy atom. The van der Waals surface area contributed by atoms with Crippen molar-refractivity contribution in [1.29, 1.82) is 0 Å². The molecule has 2 rings (SSSR count). The first-order chi connectivity index (χ1) is 10.4. The molecule has 1 fully saturated rings. The van der Waals surface area contributed by atoms with Crippen molar-refractivity contribution in [2.75, 3.05) is 6.61 Å². The zero-order valence-electron chi connectivity index (χ0n) is 13.0. The van der Waals surface area contributed by atoms with E-state index in [1.54, 1.807) is 6.08 Å². The monoisotopic (exact) mass is 306 g/mol. The molecule has 0 spiro atoms. The van der Waals surface area contributed by atoms with E-state index in [-0.39, 0.29) is 6.61 Å². The standard InChI is InChI=1S/C17H22O5/c1-10-5-4-6-13(9-18)8-15-16(11(2)17(20)22-15)14(7-10)21-12(3)19/h5,8,14-16,18H,2,4,6-7,9H2,1,3H3/b10-5-,13-8+/t14?,15-,16-/m1/s1. The summed E-state index contributed by atoms with van der Waals surface area (Å²) in [6.45, 7) is 7.03. The Morgan fingerprint density at radius 2 is 2.27 bits per heavy atom. The third kappa shape index (κ3) is 3.65. The molecule has 0 aromatic carbocycles. The lowest BCUT2D eigenvalue weighted by Crippen LogP contribution is -2.33. The minimum atomic E-state index is -0.544. The molecule has 5 nitrogen and oxygen atoms in total. The Hall–Kier alpha value is -1.88. The molecule has 0 bridgehead atoms. The highest BCUT2D eigenvalue weighted by molar-refractivity contribution is 5.91. The highest BCUT2D eigenvalue weighted by atomic mass is 16.6. The molecule has 2 aliphatic rings. The van der Waals surface area contributed by atoms with Gasteiger partial charge in [0.2, 0.25) is 0 Å². The van der Waals surface area contributed by atoms with Gasteiger partial charge in [-0.05, 0) is 31.4 Å². The van der Waals surface area contributed by atoms with Crippen molar-refractivity contribution in [3.05, 3.63) is 35.5 Å². The number of carbonyl (C=O) groups is 2. The van der Waals surface area contributed by atoms with E-state index in [0.717, 1.165) is 17.6 Å². The maximum Gasteiger partial charge on any atom is 0.334 e. The van der Waals surface area contributed by atoms with Gasteiger partial charge in [0.1, 0.15) is 12.2 Å². The minimum Gasteiger partial charge on any atom is -0.461 e. The highest BCUT2D eigenvalue weighted by Crippen LogP contribution is 2.36. The molecule has 1 unspecified atom stereocenters. The second-order valence-electron chi connectivity index (χ2n) is 5.85. The van der Waals surface area contributed by atoms with Crippen molar-refractivity contribution in [1.82, 2.24) is 0 Å². The van der Waals surface area contributed by atoms with E-state index < -0.39 is 30.1 Å². The number of rotatable bonds is 2. The van der Waals surface area contributed by atoms with Gasteiger partial charge >= 0.3 is 11.9 Å². The van der Waals surface area contributed by atoms with Gasteiger partial charge < -0.3 is 14.6 Å². The van der Waals surface area contributed by atoms with Crippen molar-refractivity contribution in [2.45, 2.75) is 45.3 Å². The summed E-state index contributed by atoms with van der Waals surface area (Å²) in [5, 5.41) is 9.46. The molecular formula is C17H22O5. The second kappa shape index (κ2) is 6.92. The number of hydrogen-bond donors (Lipinski definition) is 1. The largest absolute Gasteiger partial charge is 0.461 e. The number of allylic oxidation sites excluding steroid dienone is 1. The third-order valence-electron chi connectivity index (χ3n) is 4.06. The molecule has 0 aromatic rings. The smallest absolute Gasteiger partial charge is 0.334 e. The van der Waals surface area contributed by atoms with Crippen LogP contribution in [0.15, 0.2) is 35.5 Å². The number of aliphatic hydroxyl groups is 1. The van der Waals surface area contributed by atoms with Gasteiger partial charge in [-0.2, -0.15) is 0 Å². The maximum atomic E-state index is 11.9. The lowest BCUT2D eigenvalue weighted by molar-refractivity contribution is -0.149. The summed E-state index contributed by atoms with van der Waals surface area (Å²) in [6, 6.07) is 0. The van der Waals surface area contributed by atoms with Crippen LogP contribution in [0.3, 0.4) is 0 Å². The summed E-state index contributed by atoms with van der Waals surface area (Å²) in [7, 11) is 0. The van der Waals surface area contributed by atoms with Crippen LogP contribution in [-0.4, -0.2) is 35.9 Å². The first-order valence-electron chi connectivity index (χ1n) is 7.45. The van der Waals surface area contributed by atoms with Crippen LogP contribution in [0.5, 0.6) is 0 Å². The Bertz CT molecular complexity index is 543. The van der Waals surface area contributed by atoms with Crippen molar-refractivity contribution < 1.29 is 24.2 Å². The fraction of sp³-hybridized carbons (Fsp3) is 0.529. The Kier molecular flexibility index (Phi) is 5.19. The fourth-order valence-corrected chi connectivity index (χ4v) is 2.99. The molecule has 0 saturated carbocycles. The molecule has 1 aliphatic carbocycles. The summed E-state index contributed by atoms with van der Waals surface area (Å²) in [5.74, 6) is -1.28. The van der Waals surface area contributed by atoms with E-state index >= 15 is 0 Å². The molecule has 0 amide bonds. The van der Waals surface area contributed by atoms with Crippen LogP contribution < -0.4 is 0 Å². The van der Waals surface area contributed by atoms with Crippen molar-refractivity contribution in [3.63, 3.8) is 0 Å². The SMILES string of the molecule is C=C1C(=O)O[C@@H]2/C=C(/CO)CC/C=C(/C)CC(OC(C)=O)[C@@H]12. The normalized spacial score (nSPS) is 33.9. The number of fused-ring (bicyclic) bond motifs is 1. The summed E-state index contributed by atoms with van der Waals surface area (Å²) >= 11 is 0. The molecule has 0 radical (unpaired) electrons. The minimum absolute atomic E-state index is 0.0850. The summed E-state index contributed by atoms with van der Waals surface area (Å²) in [4.78, 5) is 23.3. The van der Waals surface area contributed by atoms with Gasteiger partial charge in [-0.1, -0.05) is 18.2 Å². The number of esters is 2. The molecule has 1 heterocycles. The second-order valence-corrected chi connectivity index (χ2v) is 5.85. The number of ether oxygens (including phenoxy) is 2. The summed E-state index contributed by atoms with van der Waals surface area (Å²) in [5.41, 5.74) is 2.21. The van der Waals surface area contributed by atoms with Crippen LogP contribution in [0.4, 0.5) is 0 Å². The fourth-order valence-electron chi connectivity index (χ4n) is 2.99. The Balaban J connectivity index is 2.40. The van der Waals surface area contributed by atoms with E-state index in [1.165, 1.54) is 6.92 Å². The Labute approximate surface area is 130 Å². The Morgan fingerprint density at radius 3 is 2.91 bits per heavy atom. The molecule has 3 atom stereocenters. The van der Waals surface area contributed by atoms with Gasteiger partial charge in [0.15, 0.2) is 0 Å². The number of aliphatic hydroxyl groups excluding tert-OH is 1. The molecular weight excluding hydrogens is 284 g/mol. The van der Waals surface area contributed by atoms with E-state index in [9.17, 15) is 14.7 Å². The van der Waals surface area contributed by atoms with Crippen LogP contribution in [0.1, 0.15) is 33.1 Å². The highest BCUT2D eigenvalue weighted by Gasteiger charge is 2.44. The predicted octanol–water partition coefficient (Wildman–Crippen LogP) is 2.06. The van der Waals surface area contributed by atoms with E-state index in [2.05, 4.69) is 12.7 Å². The van der Waals surface area contributed by atoms with E-state index in [0.29, 0.717) is 18.4 Å². The summed E-state index contributed by atoms with van der Waals surface area (Å²) in [6.07, 6.45) is 4.84. The average molecular weight is 306 g/mol. The lowest BCUT2D eigenvalue weighted by atomic mass is 9.85. The van der Waals surface area contributed by atoms with Crippen LogP contribution in [0.25, 0.3) is 0 Å². The van der Waals surface area contributed by atoms with Crippen LogP contribution >= 0.6 is 0 Å². The van der Waals surface area contributed by atoms with E-state index in [4.69, 9.17) is 9.47 Å². The van der Waals surface area contributed by atoms with Crippen molar-refractivity contribution in [3.8, 4) is 0 Å². The van der Waals surface area contributed by atoms with E-state index in [1.807, 2.05) is 6.92 Å².